The Kier molecular flexibility index (Phi) is 4.89. The van der Waals surface area contributed by atoms with Crippen LogP contribution in [0.4, 0.5) is 0 Å². The Bertz CT molecular complexity index is 1140. The van der Waals surface area contributed by atoms with Crippen LogP contribution in [-0.2, 0) is 26.0 Å². The quantitative estimate of drug-likeness (QED) is 0.741. The predicted molar refractivity (Wildman–Crippen MR) is 106 cm³/mol. The molecular formula is C19H22N4O5S. The first-order valence-electron chi connectivity index (χ1n) is 9.46. The number of likely N-dealkylation sites (tertiary alicyclic amines) is 1. The molecule has 0 bridgehead atoms. The zero-order valence-corrected chi connectivity index (χ0v) is 16.8. The molecule has 2 fully saturated rings. The lowest BCUT2D eigenvalue weighted by atomic mass is 10.1. The fraction of sp³-hybridized carbons (Fsp3) is 0.474. The van der Waals surface area contributed by atoms with Gasteiger partial charge in [0, 0.05) is 26.1 Å². The van der Waals surface area contributed by atoms with Gasteiger partial charge in [-0.05, 0) is 18.6 Å². The van der Waals surface area contributed by atoms with Crippen molar-refractivity contribution in [2.75, 3.05) is 25.1 Å². The summed E-state index contributed by atoms with van der Waals surface area (Å²) < 4.78 is 23.4. The summed E-state index contributed by atoms with van der Waals surface area (Å²) in [7, 11) is -1.50. The molecular weight excluding hydrogens is 396 g/mol. The molecule has 0 aliphatic carbocycles. The standard InChI is InChI=1S/C19H22N4O5S/c1-22(10-16-20-15-5-3-2-4-14(15)18(25)21-16)19(26)12-8-17(24)23(9-12)13-6-7-29(27,28)11-13/h2-5,12-13H,6-11H2,1H3,(H,20,21,25)/t12-,13-/m0/s1. The molecule has 154 valence electrons. The number of amides is 2. The Balaban J connectivity index is 1.45. The molecule has 1 aromatic heterocycles. The van der Waals surface area contributed by atoms with Crippen LogP contribution in [0.2, 0.25) is 0 Å². The molecule has 2 aliphatic rings. The van der Waals surface area contributed by atoms with Crippen molar-refractivity contribution in [1.29, 1.82) is 0 Å². The van der Waals surface area contributed by atoms with Gasteiger partial charge in [0.1, 0.15) is 5.82 Å². The Morgan fingerprint density at radius 2 is 2.07 bits per heavy atom. The molecule has 0 radical (unpaired) electrons. The van der Waals surface area contributed by atoms with Crippen LogP contribution in [0.25, 0.3) is 10.9 Å². The second kappa shape index (κ2) is 7.25. The highest BCUT2D eigenvalue weighted by Crippen LogP contribution is 2.27. The number of rotatable bonds is 4. The van der Waals surface area contributed by atoms with Crippen molar-refractivity contribution in [3.8, 4) is 0 Å². The van der Waals surface area contributed by atoms with Gasteiger partial charge in [0.25, 0.3) is 5.56 Å². The number of fused-ring (bicyclic) bond motifs is 1. The number of hydrogen-bond donors (Lipinski definition) is 1. The number of benzene rings is 1. The number of carbonyl (C=O) groups is 2. The van der Waals surface area contributed by atoms with E-state index in [9.17, 15) is 22.8 Å². The summed E-state index contributed by atoms with van der Waals surface area (Å²) in [5.74, 6) is -0.511. The Morgan fingerprint density at radius 3 is 2.79 bits per heavy atom. The number of aromatic amines is 1. The molecule has 0 spiro atoms. The molecule has 2 saturated heterocycles. The fourth-order valence-corrected chi connectivity index (χ4v) is 5.83. The van der Waals surface area contributed by atoms with E-state index in [4.69, 9.17) is 0 Å². The first kappa shape index (κ1) is 19.6. The smallest absolute Gasteiger partial charge is 0.258 e. The number of para-hydroxylation sites is 1. The van der Waals surface area contributed by atoms with E-state index in [1.807, 2.05) is 0 Å². The van der Waals surface area contributed by atoms with Crippen molar-refractivity contribution in [1.82, 2.24) is 19.8 Å². The topological polar surface area (TPSA) is 121 Å². The normalized spacial score (nSPS) is 23.6. The van der Waals surface area contributed by atoms with Crippen LogP contribution < -0.4 is 5.56 Å². The monoisotopic (exact) mass is 418 g/mol. The van der Waals surface area contributed by atoms with Gasteiger partial charge in [-0.2, -0.15) is 0 Å². The number of H-pyrrole nitrogens is 1. The van der Waals surface area contributed by atoms with E-state index in [0.29, 0.717) is 23.1 Å². The Morgan fingerprint density at radius 1 is 1.31 bits per heavy atom. The lowest BCUT2D eigenvalue weighted by Gasteiger charge is -2.24. The number of nitrogens with one attached hydrogen (secondary N) is 1. The highest BCUT2D eigenvalue weighted by Gasteiger charge is 2.42. The van der Waals surface area contributed by atoms with Gasteiger partial charge in [-0.25, -0.2) is 13.4 Å². The summed E-state index contributed by atoms with van der Waals surface area (Å²) in [6.07, 6.45) is 0.495. The maximum atomic E-state index is 12.8. The maximum absolute atomic E-state index is 12.8. The highest BCUT2D eigenvalue weighted by molar-refractivity contribution is 7.91. The van der Waals surface area contributed by atoms with Crippen molar-refractivity contribution >= 4 is 32.6 Å². The third kappa shape index (κ3) is 3.89. The minimum atomic E-state index is -3.10. The van der Waals surface area contributed by atoms with Crippen molar-refractivity contribution in [3.63, 3.8) is 0 Å². The van der Waals surface area contributed by atoms with Crippen LogP contribution >= 0.6 is 0 Å². The molecule has 1 N–H and O–H groups in total. The summed E-state index contributed by atoms with van der Waals surface area (Å²) >= 11 is 0. The Hall–Kier alpha value is -2.75. The van der Waals surface area contributed by atoms with Gasteiger partial charge in [0.05, 0.1) is 34.9 Å². The SMILES string of the molecule is CN(Cc1nc2ccccc2c(=O)[nH]1)C(=O)[C@H]1CC(=O)N([C@H]2CCS(=O)(=O)C2)C1. The minimum absolute atomic E-state index is 0.0300. The number of nitrogens with zero attached hydrogens (tertiary/aromatic N) is 3. The third-order valence-electron chi connectivity index (χ3n) is 5.58. The summed E-state index contributed by atoms with van der Waals surface area (Å²) in [6.45, 7) is 0.339. The van der Waals surface area contributed by atoms with E-state index in [1.54, 1.807) is 31.3 Å². The van der Waals surface area contributed by atoms with Gasteiger partial charge in [0.2, 0.25) is 11.8 Å². The van der Waals surface area contributed by atoms with Crippen LogP contribution in [0, 0.1) is 5.92 Å². The molecule has 0 unspecified atom stereocenters. The molecule has 29 heavy (non-hydrogen) atoms. The van der Waals surface area contributed by atoms with Crippen LogP contribution in [0.15, 0.2) is 29.1 Å². The van der Waals surface area contributed by atoms with E-state index in [2.05, 4.69) is 9.97 Å². The van der Waals surface area contributed by atoms with Crippen LogP contribution in [0.3, 0.4) is 0 Å². The van der Waals surface area contributed by atoms with Crippen LogP contribution in [-0.4, -0.2) is 71.1 Å². The summed E-state index contributed by atoms with van der Waals surface area (Å²) in [4.78, 5) is 47.5. The fourth-order valence-electron chi connectivity index (χ4n) is 4.10. The van der Waals surface area contributed by atoms with E-state index < -0.39 is 15.8 Å². The zero-order chi connectivity index (χ0) is 20.8. The molecule has 2 aliphatic heterocycles. The summed E-state index contributed by atoms with van der Waals surface area (Å²) in [6, 6.07) is 6.62. The van der Waals surface area contributed by atoms with Crippen LogP contribution in [0.5, 0.6) is 0 Å². The van der Waals surface area contributed by atoms with Gasteiger partial charge in [-0.15, -0.1) is 0 Å². The van der Waals surface area contributed by atoms with Gasteiger partial charge in [0.15, 0.2) is 9.84 Å². The minimum Gasteiger partial charge on any atom is -0.338 e. The van der Waals surface area contributed by atoms with Crippen molar-refractivity contribution in [2.45, 2.75) is 25.4 Å². The van der Waals surface area contributed by atoms with Crippen molar-refractivity contribution < 1.29 is 18.0 Å². The van der Waals surface area contributed by atoms with Crippen molar-refractivity contribution in [2.24, 2.45) is 5.92 Å². The van der Waals surface area contributed by atoms with E-state index >= 15 is 0 Å². The number of hydrogen-bond acceptors (Lipinski definition) is 6. The molecule has 9 nitrogen and oxygen atoms in total. The van der Waals surface area contributed by atoms with E-state index in [1.165, 1.54) is 9.80 Å². The number of aromatic nitrogens is 2. The third-order valence-corrected chi connectivity index (χ3v) is 7.33. The first-order valence-corrected chi connectivity index (χ1v) is 11.3. The number of carbonyl (C=O) groups excluding carboxylic acids is 2. The molecule has 1 aromatic carbocycles. The molecule has 2 atom stereocenters. The average Bonchev–Trinajstić information content (AvgIpc) is 3.23. The van der Waals surface area contributed by atoms with Gasteiger partial charge < -0.3 is 14.8 Å². The molecule has 4 rings (SSSR count). The summed E-state index contributed by atoms with van der Waals surface area (Å²) in [5.41, 5.74) is 0.285. The molecule has 2 aromatic rings. The molecule has 3 heterocycles. The Labute approximate surface area is 167 Å². The highest BCUT2D eigenvalue weighted by atomic mass is 32.2. The second-order valence-electron chi connectivity index (χ2n) is 7.73. The first-order chi connectivity index (χ1) is 13.7. The van der Waals surface area contributed by atoms with E-state index in [-0.39, 0.29) is 54.4 Å². The van der Waals surface area contributed by atoms with Gasteiger partial charge in [-0.1, -0.05) is 12.1 Å². The lowest BCUT2D eigenvalue weighted by molar-refractivity contribution is -0.135. The summed E-state index contributed by atoms with van der Waals surface area (Å²) in [5, 5.41) is 0.480. The maximum Gasteiger partial charge on any atom is 0.258 e. The second-order valence-corrected chi connectivity index (χ2v) is 9.96. The number of sulfone groups is 1. The van der Waals surface area contributed by atoms with Crippen molar-refractivity contribution in [3.05, 3.63) is 40.4 Å². The predicted octanol–water partition coefficient (Wildman–Crippen LogP) is -0.0829. The lowest BCUT2D eigenvalue weighted by Crippen LogP contribution is -2.39. The zero-order valence-electron chi connectivity index (χ0n) is 16.0. The van der Waals surface area contributed by atoms with E-state index in [0.717, 1.165) is 0 Å². The van der Waals surface area contributed by atoms with Crippen LogP contribution in [0.1, 0.15) is 18.7 Å². The van der Waals surface area contributed by atoms with Gasteiger partial charge in [-0.3, -0.25) is 14.4 Å². The molecule has 10 heteroatoms. The largest absolute Gasteiger partial charge is 0.338 e. The van der Waals surface area contributed by atoms with Gasteiger partial charge >= 0.3 is 0 Å². The average molecular weight is 418 g/mol. The molecule has 0 saturated carbocycles. The molecule has 2 amide bonds.